The van der Waals surface area contributed by atoms with Crippen molar-refractivity contribution in [2.75, 3.05) is 7.11 Å². The summed E-state index contributed by atoms with van der Waals surface area (Å²) >= 11 is 0. The Balaban J connectivity index is 1.77. The Hall–Kier alpha value is -3.24. The van der Waals surface area contributed by atoms with E-state index in [1.165, 1.54) is 0 Å². The molecule has 27 heavy (non-hydrogen) atoms. The zero-order valence-electron chi connectivity index (χ0n) is 15.0. The maximum Gasteiger partial charge on any atom is 0.249 e. The highest BCUT2D eigenvalue weighted by molar-refractivity contribution is 6.31. The van der Waals surface area contributed by atoms with Crippen LogP contribution in [0.4, 0.5) is 0 Å². The minimum Gasteiger partial charge on any atom is -0.497 e. The summed E-state index contributed by atoms with van der Waals surface area (Å²) in [4.78, 5) is 26.8. The van der Waals surface area contributed by atoms with E-state index >= 15 is 0 Å². The second-order valence-corrected chi connectivity index (χ2v) is 6.64. The molecule has 0 amide bonds. The molecule has 0 saturated heterocycles. The average molecular weight is 358 g/mol. The van der Waals surface area contributed by atoms with Crippen LogP contribution in [-0.4, -0.2) is 18.7 Å². The molecule has 0 aliphatic heterocycles. The largest absolute Gasteiger partial charge is 0.497 e. The molecule has 4 rings (SSSR count). The summed E-state index contributed by atoms with van der Waals surface area (Å²) in [5, 5.41) is 1.85. The first-order valence-electron chi connectivity index (χ1n) is 8.88. The summed E-state index contributed by atoms with van der Waals surface area (Å²) in [6.45, 7) is 0.484. The average Bonchev–Trinajstić information content (AvgIpc) is 2.95. The molecule has 4 nitrogen and oxygen atoms in total. The van der Waals surface area contributed by atoms with Gasteiger partial charge in [0.15, 0.2) is 0 Å². The van der Waals surface area contributed by atoms with Gasteiger partial charge >= 0.3 is 0 Å². The van der Waals surface area contributed by atoms with Gasteiger partial charge in [-0.05, 0) is 12.1 Å². The van der Waals surface area contributed by atoms with Gasteiger partial charge in [0.25, 0.3) is 0 Å². The zero-order valence-corrected chi connectivity index (χ0v) is 15.0. The molecular formula is C23H20NO3+. The van der Waals surface area contributed by atoms with Crippen LogP contribution in [0.2, 0.25) is 0 Å². The topological polar surface area (TPSA) is 60.0 Å². The molecule has 0 radical (unpaired) electrons. The number of Topliss-reactive ketones (excluding diaryl/α,β-unsaturated/α-hetero) is 2. The number of hydrogen-bond donors (Lipinski definition) is 1. The second kappa shape index (κ2) is 6.82. The number of carbonyl (C=O) groups is 2. The molecule has 3 aromatic carbocycles. The maximum absolute atomic E-state index is 13.4. The van der Waals surface area contributed by atoms with E-state index in [4.69, 9.17) is 4.74 Å². The number of rotatable bonds is 5. The van der Waals surface area contributed by atoms with Gasteiger partial charge in [0.1, 0.15) is 12.3 Å². The molecule has 4 heteroatoms. The van der Waals surface area contributed by atoms with Gasteiger partial charge in [-0.2, -0.15) is 0 Å². The van der Waals surface area contributed by atoms with Crippen molar-refractivity contribution in [2.24, 2.45) is 0 Å². The quantitative estimate of drug-likeness (QED) is 0.714. The van der Waals surface area contributed by atoms with Crippen LogP contribution < -0.4 is 10.1 Å². The third-order valence-corrected chi connectivity index (χ3v) is 5.14. The molecular weight excluding hydrogens is 338 g/mol. The van der Waals surface area contributed by atoms with Gasteiger partial charge < -0.3 is 10.1 Å². The fourth-order valence-corrected chi connectivity index (χ4v) is 3.74. The van der Waals surface area contributed by atoms with E-state index in [1.54, 1.807) is 31.4 Å². The number of carbonyl (C=O) groups excluding carboxylic acids is 2. The Morgan fingerprint density at radius 1 is 0.815 bits per heavy atom. The van der Waals surface area contributed by atoms with Crippen LogP contribution in [0.5, 0.6) is 5.75 Å². The molecule has 0 spiro atoms. The molecule has 0 aromatic heterocycles. The fourth-order valence-electron chi connectivity index (χ4n) is 3.74. The van der Waals surface area contributed by atoms with Crippen molar-refractivity contribution in [3.8, 4) is 5.75 Å². The smallest absolute Gasteiger partial charge is 0.249 e. The lowest BCUT2D eigenvalue weighted by Gasteiger charge is -2.24. The monoisotopic (exact) mass is 358 g/mol. The van der Waals surface area contributed by atoms with E-state index in [-0.39, 0.29) is 11.6 Å². The predicted molar refractivity (Wildman–Crippen MR) is 102 cm³/mol. The zero-order chi connectivity index (χ0) is 18.9. The van der Waals surface area contributed by atoms with E-state index < -0.39 is 5.54 Å². The Bertz CT molecular complexity index is 976. The Labute approximate surface area is 157 Å². The summed E-state index contributed by atoms with van der Waals surface area (Å²) in [7, 11) is 1.62. The lowest BCUT2D eigenvalue weighted by Crippen LogP contribution is -2.97. The van der Waals surface area contributed by atoms with Gasteiger partial charge in [-0.1, -0.05) is 66.7 Å². The Morgan fingerprint density at radius 2 is 1.44 bits per heavy atom. The van der Waals surface area contributed by atoms with E-state index in [0.29, 0.717) is 23.2 Å². The number of hydrogen-bond acceptors (Lipinski definition) is 3. The Kier molecular flexibility index (Phi) is 4.34. The molecule has 1 aliphatic rings. The van der Waals surface area contributed by atoms with Crippen LogP contribution in [0, 0.1) is 0 Å². The van der Waals surface area contributed by atoms with Crippen molar-refractivity contribution >= 4 is 11.6 Å². The lowest BCUT2D eigenvalue weighted by molar-refractivity contribution is -0.718. The number of ether oxygens (including phenoxy) is 1. The highest BCUT2D eigenvalue weighted by Crippen LogP contribution is 2.34. The first kappa shape index (κ1) is 17.2. The molecule has 2 N–H and O–H groups in total. The highest BCUT2D eigenvalue weighted by atomic mass is 16.5. The van der Waals surface area contributed by atoms with Crippen molar-refractivity contribution < 1.29 is 19.6 Å². The highest BCUT2D eigenvalue weighted by Gasteiger charge is 2.57. The van der Waals surface area contributed by atoms with Crippen LogP contribution in [0.25, 0.3) is 0 Å². The molecule has 0 heterocycles. The minimum atomic E-state index is -1.28. The van der Waals surface area contributed by atoms with E-state index in [2.05, 4.69) is 0 Å². The third-order valence-electron chi connectivity index (χ3n) is 5.14. The standard InChI is InChI=1S/C23H19NO3/c1-27-18-11-7-8-16(14-18)15-24-23(17-9-3-2-4-10-17)21(25)19-12-5-6-13-20(19)22(23)26/h2-14,24H,15H2,1H3/p+1. The first-order chi connectivity index (χ1) is 13.2. The van der Waals surface area contributed by atoms with Gasteiger partial charge in [-0.3, -0.25) is 9.59 Å². The number of benzene rings is 3. The first-order valence-corrected chi connectivity index (χ1v) is 8.88. The molecule has 0 fully saturated rings. The fraction of sp³-hybridized carbons (Fsp3) is 0.130. The Morgan fingerprint density at radius 3 is 2.07 bits per heavy atom. The molecule has 1 aliphatic carbocycles. The maximum atomic E-state index is 13.4. The molecule has 0 atom stereocenters. The number of fused-ring (bicyclic) bond motifs is 1. The number of nitrogens with two attached hydrogens (primary N) is 1. The molecule has 0 unspecified atom stereocenters. The summed E-state index contributed by atoms with van der Waals surface area (Å²) in [6.07, 6.45) is 0. The normalized spacial score (nSPS) is 14.9. The molecule has 0 saturated carbocycles. The van der Waals surface area contributed by atoms with Crippen LogP contribution in [0.3, 0.4) is 0 Å². The molecule has 134 valence electrons. The van der Waals surface area contributed by atoms with E-state index in [1.807, 2.05) is 59.9 Å². The number of ketones is 2. The van der Waals surface area contributed by atoms with Gasteiger partial charge in [-0.15, -0.1) is 0 Å². The van der Waals surface area contributed by atoms with Crippen molar-refractivity contribution in [1.29, 1.82) is 0 Å². The van der Waals surface area contributed by atoms with Gasteiger partial charge in [-0.25, -0.2) is 0 Å². The van der Waals surface area contributed by atoms with Crippen LogP contribution >= 0.6 is 0 Å². The summed E-state index contributed by atoms with van der Waals surface area (Å²) in [6, 6.07) is 24.0. The lowest BCUT2D eigenvalue weighted by atomic mass is 9.84. The van der Waals surface area contributed by atoms with E-state index in [0.717, 1.165) is 11.3 Å². The van der Waals surface area contributed by atoms with Crippen molar-refractivity contribution in [3.63, 3.8) is 0 Å². The second-order valence-electron chi connectivity index (χ2n) is 6.64. The number of methoxy groups -OCH3 is 1. The summed E-state index contributed by atoms with van der Waals surface area (Å²) < 4.78 is 5.28. The molecule has 0 bridgehead atoms. The SMILES string of the molecule is COc1cccc(C[NH2+]C2(c3ccccc3)C(=O)c3ccccc3C2=O)c1. The minimum absolute atomic E-state index is 0.155. The third kappa shape index (κ3) is 2.75. The van der Waals surface area contributed by atoms with Gasteiger partial charge in [0.05, 0.1) is 7.11 Å². The van der Waals surface area contributed by atoms with Crippen molar-refractivity contribution in [2.45, 2.75) is 12.1 Å². The van der Waals surface area contributed by atoms with Crippen LogP contribution in [0.15, 0.2) is 78.9 Å². The van der Waals surface area contributed by atoms with Crippen LogP contribution in [-0.2, 0) is 12.1 Å². The van der Waals surface area contributed by atoms with Crippen molar-refractivity contribution in [3.05, 3.63) is 101 Å². The summed E-state index contributed by atoms with van der Waals surface area (Å²) in [5.41, 5.74) is 1.40. The van der Waals surface area contributed by atoms with Crippen LogP contribution in [0.1, 0.15) is 31.8 Å². The number of quaternary nitrogens is 1. The van der Waals surface area contributed by atoms with E-state index in [9.17, 15) is 9.59 Å². The van der Waals surface area contributed by atoms with Gasteiger partial charge in [0, 0.05) is 22.3 Å². The van der Waals surface area contributed by atoms with Gasteiger partial charge in [0.2, 0.25) is 17.1 Å². The molecule has 3 aromatic rings. The summed E-state index contributed by atoms with van der Waals surface area (Å²) in [5.74, 6) is 0.441. The van der Waals surface area contributed by atoms with Crippen molar-refractivity contribution in [1.82, 2.24) is 0 Å². The predicted octanol–water partition coefficient (Wildman–Crippen LogP) is 2.73.